The van der Waals surface area contributed by atoms with Gasteiger partial charge in [0, 0.05) is 0 Å². The Balaban J connectivity index is 2.74. The van der Waals surface area contributed by atoms with Crippen LogP contribution in [-0.4, -0.2) is 11.2 Å². The molecule has 1 amide bonds. The maximum absolute atomic E-state index is 10.0. The standard InChI is InChI=1S/C5H4BrNO3/c6-3-1-2-10-4(3)7-5(8)9/h1-2,7H,(H,8,9). The molecule has 0 unspecified atom stereocenters. The molecule has 0 aliphatic rings. The molecule has 1 aromatic heterocycles. The third-order valence-electron chi connectivity index (χ3n) is 0.838. The monoisotopic (exact) mass is 205 g/mol. The van der Waals surface area contributed by atoms with Crippen molar-refractivity contribution in [2.24, 2.45) is 0 Å². The van der Waals surface area contributed by atoms with Crippen LogP contribution in [0.25, 0.3) is 0 Å². The summed E-state index contributed by atoms with van der Waals surface area (Å²) in [5.41, 5.74) is 0. The van der Waals surface area contributed by atoms with Crippen LogP contribution < -0.4 is 5.32 Å². The van der Waals surface area contributed by atoms with E-state index in [1.54, 1.807) is 6.07 Å². The molecular weight excluding hydrogens is 202 g/mol. The van der Waals surface area contributed by atoms with Crippen LogP contribution in [0.4, 0.5) is 10.7 Å². The van der Waals surface area contributed by atoms with E-state index in [4.69, 9.17) is 9.52 Å². The SMILES string of the molecule is O=C(O)Nc1occc1Br. The van der Waals surface area contributed by atoms with E-state index >= 15 is 0 Å². The number of hydrogen-bond acceptors (Lipinski definition) is 2. The zero-order chi connectivity index (χ0) is 7.56. The number of anilines is 1. The molecule has 0 atom stereocenters. The third kappa shape index (κ3) is 1.51. The Labute approximate surface area is 65.0 Å². The van der Waals surface area contributed by atoms with Crippen molar-refractivity contribution in [3.63, 3.8) is 0 Å². The lowest BCUT2D eigenvalue weighted by Gasteiger charge is -1.93. The van der Waals surface area contributed by atoms with Gasteiger partial charge in [-0.2, -0.15) is 0 Å². The second kappa shape index (κ2) is 2.74. The average molecular weight is 206 g/mol. The number of amides is 1. The van der Waals surface area contributed by atoms with Gasteiger partial charge in [0.25, 0.3) is 0 Å². The first-order chi connectivity index (χ1) is 4.70. The Morgan fingerprint density at radius 2 is 2.50 bits per heavy atom. The first-order valence-corrected chi connectivity index (χ1v) is 3.22. The highest BCUT2D eigenvalue weighted by Gasteiger charge is 2.04. The molecule has 5 heteroatoms. The maximum Gasteiger partial charge on any atom is 0.411 e. The largest absolute Gasteiger partial charge is 0.465 e. The van der Waals surface area contributed by atoms with Crippen molar-refractivity contribution >= 4 is 27.9 Å². The lowest BCUT2D eigenvalue weighted by molar-refractivity contribution is 0.209. The van der Waals surface area contributed by atoms with Gasteiger partial charge in [0.1, 0.15) is 0 Å². The predicted octanol–water partition coefficient (Wildman–Crippen LogP) is 2.13. The van der Waals surface area contributed by atoms with Crippen molar-refractivity contribution in [2.45, 2.75) is 0 Å². The van der Waals surface area contributed by atoms with Crippen LogP contribution in [0.3, 0.4) is 0 Å². The Bertz CT molecular complexity index is 245. The number of hydrogen-bond donors (Lipinski definition) is 2. The smallest absolute Gasteiger partial charge is 0.411 e. The summed E-state index contributed by atoms with van der Waals surface area (Å²) in [5, 5.41) is 10.3. The minimum Gasteiger partial charge on any atom is -0.465 e. The first kappa shape index (κ1) is 7.14. The molecule has 0 spiro atoms. The lowest BCUT2D eigenvalue weighted by Crippen LogP contribution is -2.06. The fraction of sp³-hybridized carbons (Fsp3) is 0. The van der Waals surface area contributed by atoms with Gasteiger partial charge in [0.2, 0.25) is 5.88 Å². The molecule has 4 nitrogen and oxygen atoms in total. The van der Waals surface area contributed by atoms with Crippen LogP contribution in [0.15, 0.2) is 21.2 Å². The predicted molar refractivity (Wildman–Crippen MR) is 38.1 cm³/mol. The van der Waals surface area contributed by atoms with Crippen LogP contribution >= 0.6 is 15.9 Å². The molecule has 1 rings (SSSR count). The number of carboxylic acid groups (broad SMARTS) is 1. The first-order valence-electron chi connectivity index (χ1n) is 2.43. The molecular formula is C5H4BrNO3. The molecule has 1 heterocycles. The van der Waals surface area contributed by atoms with Gasteiger partial charge in [-0.05, 0) is 22.0 Å². The normalized spacial score (nSPS) is 9.30. The molecule has 1 aromatic rings. The summed E-state index contributed by atoms with van der Waals surface area (Å²) in [4.78, 5) is 10.0. The van der Waals surface area contributed by atoms with E-state index in [1.165, 1.54) is 6.26 Å². The van der Waals surface area contributed by atoms with Crippen LogP contribution in [-0.2, 0) is 0 Å². The molecule has 10 heavy (non-hydrogen) atoms. The van der Waals surface area contributed by atoms with E-state index in [0.29, 0.717) is 4.47 Å². The van der Waals surface area contributed by atoms with E-state index < -0.39 is 6.09 Å². The number of carbonyl (C=O) groups is 1. The van der Waals surface area contributed by atoms with Crippen LogP contribution in [0.2, 0.25) is 0 Å². The van der Waals surface area contributed by atoms with E-state index in [0.717, 1.165) is 0 Å². The van der Waals surface area contributed by atoms with Gasteiger partial charge in [-0.25, -0.2) is 4.79 Å². The number of nitrogens with one attached hydrogen (secondary N) is 1. The quantitative estimate of drug-likeness (QED) is 0.739. The molecule has 0 bridgehead atoms. The fourth-order valence-electron chi connectivity index (χ4n) is 0.480. The summed E-state index contributed by atoms with van der Waals surface area (Å²) >= 11 is 3.08. The van der Waals surface area contributed by atoms with Crippen molar-refractivity contribution in [1.29, 1.82) is 0 Å². The van der Waals surface area contributed by atoms with Crippen molar-refractivity contribution in [1.82, 2.24) is 0 Å². The Morgan fingerprint density at radius 1 is 1.80 bits per heavy atom. The van der Waals surface area contributed by atoms with Gasteiger partial charge in [0.05, 0.1) is 10.7 Å². The second-order valence-corrected chi connectivity index (χ2v) is 2.38. The molecule has 0 aliphatic heterocycles. The lowest BCUT2D eigenvalue weighted by atomic mass is 10.6. The number of rotatable bonds is 1. The third-order valence-corrected chi connectivity index (χ3v) is 1.46. The molecule has 0 fully saturated rings. The maximum atomic E-state index is 10.0. The summed E-state index contributed by atoms with van der Waals surface area (Å²) in [6, 6.07) is 1.60. The highest BCUT2D eigenvalue weighted by Crippen LogP contribution is 2.22. The minimum absolute atomic E-state index is 0.201. The van der Waals surface area contributed by atoms with Crippen molar-refractivity contribution in [3.8, 4) is 0 Å². The number of halogens is 1. The van der Waals surface area contributed by atoms with Gasteiger partial charge in [-0.15, -0.1) is 0 Å². The van der Waals surface area contributed by atoms with Gasteiger partial charge < -0.3 is 9.52 Å². The van der Waals surface area contributed by atoms with Crippen LogP contribution in [0, 0.1) is 0 Å². The highest BCUT2D eigenvalue weighted by molar-refractivity contribution is 9.10. The zero-order valence-corrected chi connectivity index (χ0v) is 6.38. The van der Waals surface area contributed by atoms with Gasteiger partial charge in [-0.3, -0.25) is 5.32 Å². The van der Waals surface area contributed by atoms with Crippen molar-refractivity contribution in [3.05, 3.63) is 16.8 Å². The Hall–Kier alpha value is -0.970. The van der Waals surface area contributed by atoms with Crippen LogP contribution in [0.1, 0.15) is 0 Å². The summed E-state index contributed by atoms with van der Waals surface area (Å²) in [6.07, 6.45) is 0.241. The van der Waals surface area contributed by atoms with Gasteiger partial charge in [0.15, 0.2) is 0 Å². The summed E-state index contributed by atoms with van der Waals surface area (Å²) in [6.45, 7) is 0. The van der Waals surface area contributed by atoms with Crippen LogP contribution in [0.5, 0.6) is 0 Å². The van der Waals surface area contributed by atoms with Crippen molar-refractivity contribution < 1.29 is 14.3 Å². The topological polar surface area (TPSA) is 62.5 Å². The molecule has 0 saturated heterocycles. The summed E-state index contributed by atoms with van der Waals surface area (Å²) in [5.74, 6) is 0.201. The second-order valence-electron chi connectivity index (χ2n) is 1.53. The van der Waals surface area contributed by atoms with E-state index in [-0.39, 0.29) is 5.88 Å². The zero-order valence-electron chi connectivity index (χ0n) is 4.80. The molecule has 0 aromatic carbocycles. The molecule has 0 radical (unpaired) electrons. The van der Waals surface area contributed by atoms with Gasteiger partial charge in [-0.1, -0.05) is 0 Å². The highest BCUT2D eigenvalue weighted by atomic mass is 79.9. The molecule has 2 N–H and O–H groups in total. The summed E-state index contributed by atoms with van der Waals surface area (Å²) < 4.78 is 5.33. The van der Waals surface area contributed by atoms with Crippen molar-refractivity contribution in [2.75, 3.05) is 5.32 Å². The average Bonchev–Trinajstić information content (AvgIpc) is 2.15. The van der Waals surface area contributed by atoms with Gasteiger partial charge >= 0.3 is 6.09 Å². The molecule has 0 saturated carbocycles. The number of furan rings is 1. The minimum atomic E-state index is -1.14. The van der Waals surface area contributed by atoms with E-state index in [9.17, 15) is 4.79 Å². The summed E-state index contributed by atoms with van der Waals surface area (Å²) in [7, 11) is 0. The van der Waals surface area contributed by atoms with E-state index in [2.05, 4.69) is 21.2 Å². The Kier molecular flexibility index (Phi) is 1.96. The fourth-order valence-corrected chi connectivity index (χ4v) is 0.781. The van der Waals surface area contributed by atoms with E-state index in [1.807, 2.05) is 0 Å². The molecule has 54 valence electrons. The Morgan fingerprint density at radius 3 is 2.90 bits per heavy atom. The molecule has 0 aliphatic carbocycles.